The molecule has 0 bridgehead atoms. The fourth-order valence-electron chi connectivity index (χ4n) is 3.61. The van der Waals surface area contributed by atoms with E-state index >= 15 is 0 Å². The van der Waals surface area contributed by atoms with E-state index in [4.69, 9.17) is 9.47 Å². The Bertz CT molecular complexity index is 1140. The second kappa shape index (κ2) is 8.89. The van der Waals surface area contributed by atoms with Gasteiger partial charge in [0, 0.05) is 41.0 Å². The monoisotopic (exact) mass is 436 g/mol. The molecule has 1 aliphatic heterocycles. The van der Waals surface area contributed by atoms with E-state index in [0.717, 1.165) is 44.6 Å². The van der Waals surface area contributed by atoms with Crippen molar-refractivity contribution in [1.82, 2.24) is 4.57 Å². The number of Topliss-reactive ketones (excluding diaryl/α,β-unsaturated/α-hetero) is 1. The summed E-state index contributed by atoms with van der Waals surface area (Å²) < 4.78 is 13.0. The third kappa shape index (κ3) is 4.77. The summed E-state index contributed by atoms with van der Waals surface area (Å²) in [5.41, 5.74) is 4.60. The average Bonchev–Trinajstić information content (AvgIpc) is 3.32. The van der Waals surface area contributed by atoms with E-state index in [9.17, 15) is 9.59 Å². The lowest BCUT2D eigenvalue weighted by atomic mass is 10.1. The molecule has 1 aromatic heterocycles. The Hall–Kier alpha value is -3.19. The molecule has 0 saturated heterocycles. The van der Waals surface area contributed by atoms with Crippen molar-refractivity contribution in [2.24, 2.45) is 0 Å². The topological polar surface area (TPSA) is 69.6 Å². The highest BCUT2D eigenvalue weighted by atomic mass is 32.2. The number of amides is 1. The molecule has 4 rings (SSSR count). The number of ether oxygens (including phenoxy) is 2. The van der Waals surface area contributed by atoms with Crippen LogP contribution in [0.5, 0.6) is 11.5 Å². The number of aryl methyl sites for hydroxylation is 1. The normalized spacial score (nSPS) is 12.1. The average molecular weight is 437 g/mol. The number of thioether (sulfide) groups is 1. The van der Waals surface area contributed by atoms with Crippen LogP contribution in [0.3, 0.4) is 0 Å². The van der Waals surface area contributed by atoms with Crippen LogP contribution >= 0.6 is 11.8 Å². The fourth-order valence-corrected chi connectivity index (χ4v) is 4.39. The van der Waals surface area contributed by atoms with Gasteiger partial charge < -0.3 is 19.4 Å². The Kier molecular flexibility index (Phi) is 6.04. The molecule has 0 fully saturated rings. The van der Waals surface area contributed by atoms with E-state index in [1.165, 1.54) is 18.7 Å². The van der Waals surface area contributed by atoms with Crippen molar-refractivity contribution < 1.29 is 19.1 Å². The minimum absolute atomic E-state index is 0.0981. The van der Waals surface area contributed by atoms with Gasteiger partial charge >= 0.3 is 0 Å². The molecular formula is C24H24N2O4S. The van der Waals surface area contributed by atoms with Crippen molar-refractivity contribution >= 4 is 29.1 Å². The van der Waals surface area contributed by atoms with E-state index in [-0.39, 0.29) is 18.5 Å². The van der Waals surface area contributed by atoms with E-state index in [2.05, 4.69) is 9.88 Å². The molecule has 0 unspecified atom stereocenters. The van der Waals surface area contributed by atoms with Crippen LogP contribution in [0, 0.1) is 13.8 Å². The van der Waals surface area contributed by atoms with E-state index in [1.807, 2.05) is 62.4 Å². The minimum Gasteiger partial charge on any atom is -0.454 e. The summed E-state index contributed by atoms with van der Waals surface area (Å²) in [4.78, 5) is 25.0. The Morgan fingerprint density at radius 1 is 1.03 bits per heavy atom. The molecule has 31 heavy (non-hydrogen) atoms. The number of anilines is 1. The van der Waals surface area contributed by atoms with E-state index < -0.39 is 0 Å². The summed E-state index contributed by atoms with van der Waals surface area (Å²) in [7, 11) is 0. The van der Waals surface area contributed by atoms with Crippen LogP contribution in [0.15, 0.2) is 53.4 Å². The Balaban J connectivity index is 1.42. The Morgan fingerprint density at radius 3 is 2.52 bits per heavy atom. The van der Waals surface area contributed by atoms with Gasteiger partial charge in [0.1, 0.15) is 0 Å². The fraction of sp³-hybridized carbons (Fsp3) is 0.250. The molecule has 1 N–H and O–H groups in total. The molecule has 2 heterocycles. The predicted octanol–water partition coefficient (Wildman–Crippen LogP) is 4.82. The first-order valence-corrected chi connectivity index (χ1v) is 11.0. The van der Waals surface area contributed by atoms with Crippen molar-refractivity contribution in [3.8, 4) is 11.5 Å². The highest BCUT2D eigenvalue weighted by Crippen LogP contribution is 2.33. The van der Waals surface area contributed by atoms with Gasteiger partial charge in [-0.2, -0.15) is 0 Å². The second-order valence-corrected chi connectivity index (χ2v) is 8.52. The van der Waals surface area contributed by atoms with Gasteiger partial charge in [-0.1, -0.05) is 6.07 Å². The number of aromatic nitrogens is 1. The van der Waals surface area contributed by atoms with Gasteiger partial charge in [0.15, 0.2) is 17.3 Å². The Morgan fingerprint density at radius 2 is 1.77 bits per heavy atom. The van der Waals surface area contributed by atoms with Crippen LogP contribution in [-0.2, 0) is 11.3 Å². The van der Waals surface area contributed by atoms with Gasteiger partial charge in [0.25, 0.3) is 0 Å². The summed E-state index contributed by atoms with van der Waals surface area (Å²) in [6.45, 7) is 6.40. The van der Waals surface area contributed by atoms with E-state index in [1.54, 1.807) is 0 Å². The molecule has 160 valence electrons. The molecule has 0 aliphatic carbocycles. The van der Waals surface area contributed by atoms with Crippen molar-refractivity contribution in [3.63, 3.8) is 0 Å². The molecule has 1 aliphatic rings. The number of fused-ring (bicyclic) bond motifs is 1. The summed E-state index contributed by atoms with van der Waals surface area (Å²) in [6.07, 6.45) is 0. The summed E-state index contributed by atoms with van der Waals surface area (Å²) in [5, 5.41) is 2.74. The summed E-state index contributed by atoms with van der Waals surface area (Å²) in [5.74, 6) is 1.88. The zero-order chi connectivity index (χ0) is 22.0. The largest absolute Gasteiger partial charge is 0.454 e. The van der Waals surface area contributed by atoms with Gasteiger partial charge in [-0.25, -0.2) is 0 Å². The van der Waals surface area contributed by atoms with E-state index in [0.29, 0.717) is 12.3 Å². The number of nitrogens with zero attached hydrogens (tertiary/aromatic N) is 1. The number of hydrogen-bond acceptors (Lipinski definition) is 5. The number of rotatable bonds is 7. The van der Waals surface area contributed by atoms with Gasteiger partial charge in [0.2, 0.25) is 12.7 Å². The number of benzene rings is 2. The zero-order valence-electron chi connectivity index (χ0n) is 17.7. The number of nitrogens with one attached hydrogen (secondary N) is 1. The van der Waals surface area contributed by atoms with Crippen molar-refractivity contribution in [2.75, 3.05) is 17.9 Å². The molecule has 0 radical (unpaired) electrons. The maximum atomic E-state index is 12.9. The Labute approximate surface area is 185 Å². The number of hydrogen-bond donors (Lipinski definition) is 1. The molecule has 3 aromatic rings. The number of ketones is 1. The van der Waals surface area contributed by atoms with Crippen LogP contribution in [-0.4, -0.2) is 28.8 Å². The van der Waals surface area contributed by atoms with Crippen LogP contribution in [0.25, 0.3) is 0 Å². The molecular weight excluding hydrogens is 412 g/mol. The molecule has 2 aromatic carbocycles. The first-order valence-electron chi connectivity index (χ1n) is 9.99. The first-order chi connectivity index (χ1) is 14.9. The third-order valence-corrected chi connectivity index (χ3v) is 6.21. The number of carbonyl (C=O) groups is 2. The van der Waals surface area contributed by atoms with Crippen molar-refractivity contribution in [1.29, 1.82) is 0 Å². The highest BCUT2D eigenvalue weighted by molar-refractivity contribution is 8.00. The number of carbonyl (C=O) groups excluding carboxylic acids is 2. The third-order valence-electron chi connectivity index (χ3n) is 5.20. The van der Waals surface area contributed by atoms with Crippen LogP contribution in [0.2, 0.25) is 0 Å². The predicted molar refractivity (Wildman–Crippen MR) is 121 cm³/mol. The maximum Gasteiger partial charge on any atom is 0.231 e. The van der Waals surface area contributed by atoms with Crippen LogP contribution < -0.4 is 14.8 Å². The first kappa shape index (κ1) is 21.1. The molecule has 0 atom stereocenters. The molecule has 7 heteroatoms. The van der Waals surface area contributed by atoms with Gasteiger partial charge in [-0.3, -0.25) is 9.59 Å². The lowest BCUT2D eigenvalue weighted by Gasteiger charge is -2.11. The van der Waals surface area contributed by atoms with Gasteiger partial charge in [0.05, 0.1) is 5.75 Å². The molecule has 6 nitrogen and oxygen atoms in total. The minimum atomic E-state index is -0.105. The highest BCUT2D eigenvalue weighted by Gasteiger charge is 2.18. The molecule has 0 spiro atoms. The van der Waals surface area contributed by atoms with Crippen molar-refractivity contribution in [2.45, 2.75) is 32.2 Å². The zero-order valence-corrected chi connectivity index (χ0v) is 18.5. The van der Waals surface area contributed by atoms with Crippen LogP contribution in [0.1, 0.15) is 34.2 Å². The van der Waals surface area contributed by atoms with Gasteiger partial charge in [-0.05, 0) is 61.9 Å². The smallest absolute Gasteiger partial charge is 0.231 e. The summed E-state index contributed by atoms with van der Waals surface area (Å²) >= 11 is 1.49. The SMILES string of the molecule is CC(=O)Nc1ccc(SCC(=O)c2cc(C)n(Cc3ccc4c(c3)OCO4)c2C)cc1. The van der Waals surface area contributed by atoms with Crippen LogP contribution in [0.4, 0.5) is 5.69 Å². The standard InChI is InChI=1S/C24H24N2O4S/c1-15-10-21(22(28)13-31-20-7-5-19(6-8-20)25-17(3)27)16(2)26(15)12-18-4-9-23-24(11-18)30-14-29-23/h4-11H,12-14H2,1-3H3,(H,25,27). The lowest BCUT2D eigenvalue weighted by molar-refractivity contribution is -0.114. The van der Waals surface area contributed by atoms with Gasteiger partial charge in [-0.15, -0.1) is 11.8 Å². The van der Waals surface area contributed by atoms with Crippen molar-refractivity contribution in [3.05, 3.63) is 71.0 Å². The summed E-state index contributed by atoms with van der Waals surface area (Å²) in [6, 6.07) is 15.4. The lowest BCUT2D eigenvalue weighted by Crippen LogP contribution is -2.07. The second-order valence-electron chi connectivity index (χ2n) is 7.48. The maximum absolute atomic E-state index is 12.9. The molecule has 0 saturated carbocycles. The molecule has 1 amide bonds. The quantitative estimate of drug-likeness (QED) is 0.425.